The van der Waals surface area contributed by atoms with E-state index in [0.717, 1.165) is 12.0 Å². The van der Waals surface area contributed by atoms with Crippen molar-refractivity contribution in [2.45, 2.75) is 51.4 Å². The zero-order valence-electron chi connectivity index (χ0n) is 13.2. The van der Waals surface area contributed by atoms with Gasteiger partial charge in [-0.3, -0.25) is 4.79 Å². The van der Waals surface area contributed by atoms with Gasteiger partial charge in [0.2, 0.25) is 5.91 Å². The number of carbonyl (C=O) groups is 2. The molecule has 6 heteroatoms. The first kappa shape index (κ1) is 16.3. The van der Waals surface area contributed by atoms with Crippen LogP contribution < -0.4 is 16.4 Å². The number of hydrogen-bond acceptors (Lipinski definition) is 4. The van der Waals surface area contributed by atoms with Crippen molar-refractivity contribution >= 4 is 12.0 Å². The number of nitrogens with two attached hydrogens (primary N) is 1. The second-order valence-corrected chi connectivity index (χ2v) is 6.54. The first-order valence-corrected chi connectivity index (χ1v) is 7.36. The van der Waals surface area contributed by atoms with Crippen LogP contribution in [-0.4, -0.2) is 29.7 Å². The van der Waals surface area contributed by atoms with E-state index in [2.05, 4.69) is 10.6 Å². The van der Waals surface area contributed by atoms with Gasteiger partial charge in [-0.2, -0.15) is 0 Å². The minimum absolute atomic E-state index is 0.111. The maximum atomic E-state index is 11.6. The van der Waals surface area contributed by atoms with Crippen LogP contribution in [0.1, 0.15) is 43.1 Å². The fraction of sp³-hybridized carbons (Fsp3) is 0.500. The third kappa shape index (κ3) is 5.04. The van der Waals surface area contributed by atoms with Crippen LogP contribution in [0.4, 0.5) is 4.79 Å². The van der Waals surface area contributed by atoms with E-state index in [1.54, 1.807) is 12.1 Å². The lowest BCUT2D eigenvalue weighted by atomic mass is 10.1. The molecule has 0 saturated heterocycles. The van der Waals surface area contributed by atoms with E-state index >= 15 is 0 Å². The van der Waals surface area contributed by atoms with E-state index < -0.39 is 11.5 Å². The predicted molar refractivity (Wildman–Crippen MR) is 83.4 cm³/mol. The largest absolute Gasteiger partial charge is 0.444 e. The highest BCUT2D eigenvalue weighted by molar-refractivity contribution is 5.92. The summed E-state index contributed by atoms with van der Waals surface area (Å²) in [7, 11) is 0. The molecular formula is C16H23N3O3. The van der Waals surface area contributed by atoms with Crippen LogP contribution in [0.3, 0.4) is 0 Å². The summed E-state index contributed by atoms with van der Waals surface area (Å²) < 4.78 is 5.21. The Balaban J connectivity index is 1.71. The topological polar surface area (TPSA) is 93.4 Å². The Bertz CT molecular complexity index is 549. The zero-order chi connectivity index (χ0) is 16.3. The maximum Gasteiger partial charge on any atom is 0.407 e. The van der Waals surface area contributed by atoms with Gasteiger partial charge in [0.25, 0.3) is 0 Å². The van der Waals surface area contributed by atoms with Crippen molar-refractivity contribution in [3.05, 3.63) is 35.4 Å². The number of alkyl carbamates (subject to hydrolysis) is 1. The molecule has 0 bridgehead atoms. The molecule has 1 aliphatic rings. The van der Waals surface area contributed by atoms with Gasteiger partial charge in [-0.15, -0.1) is 0 Å². The van der Waals surface area contributed by atoms with Gasteiger partial charge in [-0.25, -0.2) is 4.79 Å². The molecule has 1 aromatic rings. The molecule has 1 fully saturated rings. The minimum Gasteiger partial charge on any atom is -0.444 e. The number of hydrogen-bond donors (Lipinski definition) is 3. The van der Waals surface area contributed by atoms with Gasteiger partial charge in [0.05, 0.1) is 0 Å². The minimum atomic E-state index is -0.482. The number of carbonyl (C=O) groups excluding carboxylic acids is 2. The molecule has 0 spiro atoms. The molecule has 2 unspecified atom stereocenters. The highest BCUT2D eigenvalue weighted by Gasteiger charge is 2.38. The Morgan fingerprint density at radius 2 is 1.86 bits per heavy atom. The number of amides is 2. The SMILES string of the molecule is CC(C)(C)OC(=O)NC1CC1NCc1ccc(C(N)=O)cc1. The number of primary amides is 1. The number of rotatable bonds is 5. The Labute approximate surface area is 130 Å². The molecule has 1 aromatic carbocycles. The highest BCUT2D eigenvalue weighted by Crippen LogP contribution is 2.22. The Kier molecular flexibility index (Phi) is 4.71. The van der Waals surface area contributed by atoms with Gasteiger partial charge in [0, 0.05) is 24.2 Å². The van der Waals surface area contributed by atoms with Gasteiger partial charge in [0.15, 0.2) is 0 Å². The summed E-state index contributed by atoms with van der Waals surface area (Å²) in [5, 5.41) is 6.19. The zero-order valence-corrected chi connectivity index (χ0v) is 13.2. The maximum absolute atomic E-state index is 11.6. The number of nitrogens with one attached hydrogen (secondary N) is 2. The van der Waals surface area contributed by atoms with Crippen molar-refractivity contribution in [1.82, 2.24) is 10.6 Å². The fourth-order valence-corrected chi connectivity index (χ4v) is 2.07. The second kappa shape index (κ2) is 6.36. The smallest absolute Gasteiger partial charge is 0.407 e. The van der Waals surface area contributed by atoms with Crippen molar-refractivity contribution in [3.63, 3.8) is 0 Å². The van der Waals surface area contributed by atoms with E-state index in [9.17, 15) is 9.59 Å². The van der Waals surface area contributed by atoms with E-state index in [0.29, 0.717) is 12.1 Å². The average Bonchev–Trinajstić information content (AvgIpc) is 3.12. The summed E-state index contributed by atoms with van der Waals surface area (Å²) in [5.41, 5.74) is 6.28. The first-order chi connectivity index (χ1) is 10.2. The van der Waals surface area contributed by atoms with Crippen molar-refractivity contribution in [2.75, 3.05) is 0 Å². The molecule has 0 aromatic heterocycles. The number of ether oxygens (including phenoxy) is 1. The van der Waals surface area contributed by atoms with Crippen LogP contribution in [0.15, 0.2) is 24.3 Å². The van der Waals surface area contributed by atoms with Crippen LogP contribution in [-0.2, 0) is 11.3 Å². The average molecular weight is 305 g/mol. The lowest BCUT2D eigenvalue weighted by molar-refractivity contribution is 0.0522. The molecule has 2 amide bonds. The molecule has 6 nitrogen and oxygen atoms in total. The normalized spacial score (nSPS) is 20.3. The van der Waals surface area contributed by atoms with Gasteiger partial charge >= 0.3 is 6.09 Å². The van der Waals surface area contributed by atoms with Crippen LogP contribution in [0.25, 0.3) is 0 Å². The molecule has 1 aliphatic carbocycles. The lowest BCUT2D eigenvalue weighted by Gasteiger charge is -2.19. The van der Waals surface area contributed by atoms with Gasteiger partial charge in [-0.1, -0.05) is 12.1 Å². The van der Waals surface area contributed by atoms with E-state index in [-0.39, 0.29) is 18.2 Å². The quantitative estimate of drug-likeness (QED) is 0.769. The third-order valence-electron chi connectivity index (χ3n) is 3.30. The van der Waals surface area contributed by atoms with Crippen molar-refractivity contribution in [2.24, 2.45) is 5.73 Å². The Morgan fingerprint density at radius 1 is 1.23 bits per heavy atom. The van der Waals surface area contributed by atoms with E-state index in [1.165, 1.54) is 0 Å². The summed E-state index contributed by atoms with van der Waals surface area (Å²) in [6.45, 7) is 6.19. The summed E-state index contributed by atoms with van der Waals surface area (Å²) in [4.78, 5) is 22.6. The molecular weight excluding hydrogens is 282 g/mol. The Morgan fingerprint density at radius 3 is 2.41 bits per heavy atom. The molecule has 1 saturated carbocycles. The summed E-state index contributed by atoms with van der Waals surface area (Å²) in [6, 6.07) is 7.52. The van der Waals surface area contributed by atoms with Crippen LogP contribution in [0, 0.1) is 0 Å². The monoisotopic (exact) mass is 305 g/mol. The lowest BCUT2D eigenvalue weighted by Crippen LogP contribution is -2.36. The predicted octanol–water partition coefficient (Wildman–Crippen LogP) is 1.54. The van der Waals surface area contributed by atoms with Crippen LogP contribution >= 0.6 is 0 Å². The van der Waals surface area contributed by atoms with Crippen molar-refractivity contribution < 1.29 is 14.3 Å². The molecule has 2 rings (SSSR count). The van der Waals surface area contributed by atoms with Crippen LogP contribution in [0.2, 0.25) is 0 Å². The van der Waals surface area contributed by atoms with Gasteiger partial charge in [-0.05, 0) is 44.9 Å². The summed E-state index contributed by atoms with van der Waals surface area (Å²) in [5.74, 6) is -0.427. The molecule has 4 N–H and O–H groups in total. The molecule has 0 radical (unpaired) electrons. The Hall–Kier alpha value is -2.08. The van der Waals surface area contributed by atoms with E-state index in [1.807, 2.05) is 32.9 Å². The summed E-state index contributed by atoms with van der Waals surface area (Å²) >= 11 is 0. The standard InChI is InChI=1S/C16H23N3O3/c1-16(2,3)22-15(21)19-13-8-12(13)18-9-10-4-6-11(7-5-10)14(17)20/h4-7,12-13,18H,8-9H2,1-3H3,(H2,17,20)(H,19,21). The van der Waals surface area contributed by atoms with Crippen molar-refractivity contribution in [3.8, 4) is 0 Å². The molecule has 0 heterocycles. The fourth-order valence-electron chi connectivity index (χ4n) is 2.07. The second-order valence-electron chi connectivity index (χ2n) is 6.54. The third-order valence-corrected chi connectivity index (χ3v) is 3.30. The van der Waals surface area contributed by atoms with Crippen LogP contribution in [0.5, 0.6) is 0 Å². The van der Waals surface area contributed by atoms with Crippen molar-refractivity contribution in [1.29, 1.82) is 0 Å². The van der Waals surface area contributed by atoms with E-state index in [4.69, 9.17) is 10.5 Å². The summed E-state index contributed by atoms with van der Waals surface area (Å²) in [6.07, 6.45) is 0.506. The number of benzene rings is 1. The molecule has 2 atom stereocenters. The first-order valence-electron chi connectivity index (χ1n) is 7.36. The molecule has 0 aliphatic heterocycles. The molecule has 120 valence electrons. The molecule has 22 heavy (non-hydrogen) atoms. The highest BCUT2D eigenvalue weighted by atomic mass is 16.6. The van der Waals surface area contributed by atoms with Gasteiger partial charge in [0.1, 0.15) is 5.60 Å². The van der Waals surface area contributed by atoms with Gasteiger partial charge < -0.3 is 21.1 Å².